The Bertz CT molecular complexity index is 743. The van der Waals surface area contributed by atoms with Gasteiger partial charge in [-0.15, -0.1) is 11.8 Å². The van der Waals surface area contributed by atoms with Gasteiger partial charge < -0.3 is 15.1 Å². The number of likely N-dealkylation sites (N-methyl/N-ethyl adjacent to an activating group) is 1. The average molecular weight is 404 g/mol. The van der Waals surface area contributed by atoms with Crippen LogP contribution in [-0.2, 0) is 11.3 Å². The number of anilines is 1. The predicted octanol–water partition coefficient (Wildman–Crippen LogP) is 3.89. The van der Waals surface area contributed by atoms with Crippen molar-refractivity contribution in [2.75, 3.05) is 38.1 Å². The van der Waals surface area contributed by atoms with Gasteiger partial charge >= 0.3 is 0 Å². The zero-order chi connectivity index (χ0) is 19.2. The summed E-state index contributed by atoms with van der Waals surface area (Å²) in [7, 11) is 2.16. The van der Waals surface area contributed by atoms with Crippen molar-refractivity contribution < 1.29 is 4.79 Å². The lowest BCUT2D eigenvalue weighted by Crippen LogP contribution is -2.44. The maximum atomic E-state index is 12.4. The summed E-state index contributed by atoms with van der Waals surface area (Å²) < 4.78 is 0. The summed E-state index contributed by atoms with van der Waals surface area (Å²) in [6.07, 6.45) is 0. The Balaban J connectivity index is 1.47. The van der Waals surface area contributed by atoms with Crippen molar-refractivity contribution in [1.82, 2.24) is 10.2 Å². The Morgan fingerprint density at radius 3 is 2.33 bits per heavy atom. The van der Waals surface area contributed by atoms with Crippen LogP contribution in [0.1, 0.15) is 12.5 Å². The van der Waals surface area contributed by atoms with Gasteiger partial charge in [-0.1, -0.05) is 23.7 Å². The molecule has 1 saturated heterocycles. The zero-order valence-electron chi connectivity index (χ0n) is 15.8. The number of halogens is 1. The van der Waals surface area contributed by atoms with Crippen LogP contribution >= 0.6 is 23.4 Å². The van der Waals surface area contributed by atoms with Crippen molar-refractivity contribution in [2.24, 2.45) is 0 Å². The molecule has 1 atom stereocenters. The highest BCUT2D eigenvalue weighted by molar-refractivity contribution is 8.00. The van der Waals surface area contributed by atoms with E-state index >= 15 is 0 Å². The largest absolute Gasteiger partial charge is 0.369 e. The number of carbonyl (C=O) groups is 1. The molecule has 27 heavy (non-hydrogen) atoms. The first-order chi connectivity index (χ1) is 13.0. The molecule has 0 spiro atoms. The minimum Gasteiger partial charge on any atom is -0.369 e. The van der Waals surface area contributed by atoms with Crippen LogP contribution in [0.4, 0.5) is 5.69 Å². The number of thioether (sulfide) groups is 1. The Labute approximate surface area is 170 Å². The molecule has 4 nitrogen and oxygen atoms in total. The molecule has 1 heterocycles. The van der Waals surface area contributed by atoms with Crippen molar-refractivity contribution in [3.8, 4) is 0 Å². The molecule has 144 valence electrons. The topological polar surface area (TPSA) is 35.6 Å². The summed E-state index contributed by atoms with van der Waals surface area (Å²) in [6, 6.07) is 16.1. The van der Waals surface area contributed by atoms with Crippen LogP contribution < -0.4 is 10.2 Å². The molecule has 3 rings (SSSR count). The molecule has 0 bridgehead atoms. The molecule has 1 N–H and O–H groups in total. The number of carbonyl (C=O) groups excluding carboxylic acids is 1. The molecule has 1 aliphatic heterocycles. The molecule has 1 fully saturated rings. The number of rotatable bonds is 6. The lowest BCUT2D eigenvalue weighted by atomic mass is 10.1. The Morgan fingerprint density at radius 2 is 1.70 bits per heavy atom. The Kier molecular flexibility index (Phi) is 7.05. The molecular weight excluding hydrogens is 378 g/mol. The van der Waals surface area contributed by atoms with Gasteiger partial charge in [0.15, 0.2) is 0 Å². The first-order valence-corrected chi connectivity index (χ1v) is 10.5. The maximum absolute atomic E-state index is 12.4. The number of hydrogen-bond donors (Lipinski definition) is 1. The SMILES string of the molecule is CC(Sc1ccc(Cl)cc1)C(=O)NCc1ccc(N2CCN(C)CC2)cc1. The monoisotopic (exact) mass is 403 g/mol. The number of benzene rings is 2. The Morgan fingerprint density at radius 1 is 1.07 bits per heavy atom. The first-order valence-electron chi connectivity index (χ1n) is 9.23. The maximum Gasteiger partial charge on any atom is 0.233 e. The molecule has 2 aromatic carbocycles. The number of hydrogen-bond acceptors (Lipinski definition) is 4. The van der Waals surface area contributed by atoms with Crippen molar-refractivity contribution >= 4 is 35.0 Å². The standard InChI is InChI=1S/C21H26ClN3OS/c1-16(27-20-9-5-18(22)6-10-20)21(26)23-15-17-3-7-19(8-4-17)25-13-11-24(2)12-14-25/h3-10,16H,11-15H2,1-2H3,(H,23,26). The van der Waals surface area contributed by atoms with E-state index in [1.807, 2.05) is 31.2 Å². The van der Waals surface area contributed by atoms with E-state index in [0.717, 1.165) is 36.6 Å². The van der Waals surface area contributed by atoms with Gasteiger partial charge in [0.1, 0.15) is 0 Å². The van der Waals surface area contributed by atoms with E-state index in [4.69, 9.17) is 11.6 Å². The molecular formula is C21H26ClN3OS. The smallest absolute Gasteiger partial charge is 0.233 e. The Hall–Kier alpha value is -1.69. The zero-order valence-corrected chi connectivity index (χ0v) is 17.4. The summed E-state index contributed by atoms with van der Waals surface area (Å²) in [6.45, 7) is 6.79. The summed E-state index contributed by atoms with van der Waals surface area (Å²) in [5.41, 5.74) is 2.37. The minimum atomic E-state index is -0.157. The van der Waals surface area contributed by atoms with Gasteiger partial charge in [-0.05, 0) is 55.9 Å². The van der Waals surface area contributed by atoms with E-state index in [1.165, 1.54) is 17.4 Å². The lowest BCUT2D eigenvalue weighted by molar-refractivity contribution is -0.120. The highest BCUT2D eigenvalue weighted by Crippen LogP contribution is 2.25. The molecule has 0 aliphatic carbocycles. The van der Waals surface area contributed by atoms with Gasteiger partial charge in [-0.25, -0.2) is 0 Å². The second-order valence-corrected chi connectivity index (χ2v) is 8.74. The van der Waals surface area contributed by atoms with Gasteiger partial charge in [0.2, 0.25) is 5.91 Å². The van der Waals surface area contributed by atoms with Crippen LogP contribution in [0.2, 0.25) is 5.02 Å². The second-order valence-electron chi connectivity index (χ2n) is 6.89. The van der Waals surface area contributed by atoms with Gasteiger partial charge in [0.05, 0.1) is 5.25 Å². The summed E-state index contributed by atoms with van der Waals surface area (Å²) in [5, 5.41) is 3.58. The molecule has 1 aliphatic rings. The molecule has 0 radical (unpaired) electrons. The van der Waals surface area contributed by atoms with Crippen LogP contribution in [0.25, 0.3) is 0 Å². The quantitative estimate of drug-likeness (QED) is 0.742. The fourth-order valence-electron chi connectivity index (χ4n) is 2.99. The lowest BCUT2D eigenvalue weighted by Gasteiger charge is -2.34. The first kappa shape index (κ1) is 20.1. The van der Waals surface area contributed by atoms with E-state index < -0.39 is 0 Å². The van der Waals surface area contributed by atoms with E-state index in [2.05, 4.69) is 46.4 Å². The number of nitrogens with zero attached hydrogens (tertiary/aromatic N) is 2. The van der Waals surface area contributed by atoms with Crippen LogP contribution in [-0.4, -0.2) is 49.3 Å². The minimum absolute atomic E-state index is 0.0399. The third-order valence-corrected chi connectivity index (χ3v) is 6.13. The van der Waals surface area contributed by atoms with Gasteiger partial charge in [-0.3, -0.25) is 4.79 Å². The average Bonchev–Trinajstić information content (AvgIpc) is 2.69. The van der Waals surface area contributed by atoms with E-state index in [9.17, 15) is 4.79 Å². The van der Waals surface area contributed by atoms with Crippen LogP contribution in [0.3, 0.4) is 0 Å². The van der Waals surface area contributed by atoms with E-state index in [1.54, 1.807) is 0 Å². The van der Waals surface area contributed by atoms with Crippen LogP contribution in [0.5, 0.6) is 0 Å². The third-order valence-electron chi connectivity index (χ3n) is 4.77. The third kappa shape index (κ3) is 5.89. The molecule has 0 saturated carbocycles. The molecule has 6 heteroatoms. The number of piperazine rings is 1. The van der Waals surface area contributed by atoms with Crippen molar-refractivity contribution in [3.05, 3.63) is 59.1 Å². The molecule has 2 aromatic rings. The summed E-state index contributed by atoms with van der Waals surface area (Å²) >= 11 is 7.44. The normalized spacial score (nSPS) is 16.2. The van der Waals surface area contributed by atoms with Gasteiger partial charge in [0, 0.05) is 48.3 Å². The fourth-order valence-corrected chi connectivity index (χ4v) is 4.01. The van der Waals surface area contributed by atoms with Crippen molar-refractivity contribution in [3.63, 3.8) is 0 Å². The molecule has 1 amide bonds. The molecule has 0 aromatic heterocycles. The van der Waals surface area contributed by atoms with E-state index in [-0.39, 0.29) is 11.2 Å². The van der Waals surface area contributed by atoms with E-state index in [0.29, 0.717) is 11.6 Å². The van der Waals surface area contributed by atoms with Gasteiger partial charge in [-0.2, -0.15) is 0 Å². The number of amides is 1. The fraction of sp³-hybridized carbons (Fsp3) is 0.381. The van der Waals surface area contributed by atoms with Crippen molar-refractivity contribution in [1.29, 1.82) is 0 Å². The summed E-state index contributed by atoms with van der Waals surface area (Å²) in [5.74, 6) is 0.0399. The predicted molar refractivity (Wildman–Crippen MR) is 115 cm³/mol. The summed E-state index contributed by atoms with van der Waals surface area (Å²) in [4.78, 5) is 18.2. The number of nitrogens with one attached hydrogen (secondary N) is 1. The second kappa shape index (κ2) is 9.49. The highest BCUT2D eigenvalue weighted by atomic mass is 35.5. The van der Waals surface area contributed by atoms with Crippen LogP contribution in [0.15, 0.2) is 53.4 Å². The highest BCUT2D eigenvalue weighted by Gasteiger charge is 2.15. The van der Waals surface area contributed by atoms with Crippen LogP contribution in [0, 0.1) is 0 Å². The van der Waals surface area contributed by atoms with Crippen molar-refractivity contribution in [2.45, 2.75) is 23.6 Å². The van der Waals surface area contributed by atoms with Gasteiger partial charge in [0.25, 0.3) is 0 Å². The molecule has 1 unspecified atom stereocenters.